The quantitative estimate of drug-likeness (QED) is 0.608. The maximum Gasteiger partial charge on any atom is 0.157 e. The number of benzene rings is 1. The number of rotatable bonds is 5. The van der Waals surface area contributed by atoms with E-state index < -0.39 is 0 Å². The van der Waals surface area contributed by atoms with Crippen LogP contribution in [0.15, 0.2) is 30.5 Å². The molecule has 1 aliphatic rings. The van der Waals surface area contributed by atoms with E-state index >= 15 is 0 Å². The van der Waals surface area contributed by atoms with Crippen LogP contribution in [0.5, 0.6) is 11.5 Å². The van der Waals surface area contributed by atoms with Gasteiger partial charge in [0.25, 0.3) is 0 Å². The average molecular weight is 360 g/mol. The maximum atomic E-state index is 11.3. The van der Waals surface area contributed by atoms with E-state index in [4.69, 9.17) is 16.3 Å². The number of aryl methyl sites for hydroxylation is 1. The summed E-state index contributed by atoms with van der Waals surface area (Å²) >= 11 is 6.29. The lowest BCUT2D eigenvalue weighted by atomic mass is 9.76. The Hall–Kier alpha value is -2.07. The van der Waals surface area contributed by atoms with E-state index in [0.717, 1.165) is 31.2 Å². The van der Waals surface area contributed by atoms with E-state index in [2.05, 4.69) is 4.98 Å². The number of ether oxygens (including phenoxy) is 1. The van der Waals surface area contributed by atoms with Gasteiger partial charge in [0.15, 0.2) is 6.29 Å². The summed E-state index contributed by atoms with van der Waals surface area (Å²) < 4.78 is 5.94. The Kier molecular flexibility index (Phi) is 5.59. The van der Waals surface area contributed by atoms with Crippen LogP contribution in [0.3, 0.4) is 0 Å². The summed E-state index contributed by atoms with van der Waals surface area (Å²) in [7, 11) is 0. The van der Waals surface area contributed by atoms with Gasteiger partial charge in [0, 0.05) is 6.20 Å². The fourth-order valence-electron chi connectivity index (χ4n) is 3.63. The number of aromatic nitrogens is 1. The molecule has 3 rings (SSSR count). The van der Waals surface area contributed by atoms with Crippen molar-refractivity contribution in [2.45, 2.75) is 38.5 Å². The molecular weight excluding hydrogens is 338 g/mol. The van der Waals surface area contributed by atoms with Crippen LogP contribution >= 0.6 is 11.6 Å². The molecule has 1 saturated carbocycles. The molecule has 1 N–H and O–H groups in total. The highest BCUT2D eigenvalue weighted by atomic mass is 35.5. The fraction of sp³-hybridized carbons (Fsp3) is 0.400. The van der Waals surface area contributed by atoms with Gasteiger partial charge in [0.05, 0.1) is 12.2 Å². The van der Waals surface area contributed by atoms with Crippen LogP contribution in [0, 0.1) is 12.8 Å². The summed E-state index contributed by atoms with van der Waals surface area (Å²) in [6.45, 7) is 2.24. The number of aldehydes is 1. The smallest absolute Gasteiger partial charge is 0.157 e. The number of carbonyl (C=O) groups excluding carboxylic acids is 1. The van der Waals surface area contributed by atoms with E-state index in [-0.39, 0.29) is 11.3 Å². The zero-order chi connectivity index (χ0) is 17.8. The molecule has 5 heteroatoms. The molecule has 2 unspecified atom stereocenters. The Bertz CT molecular complexity index is 763. The van der Waals surface area contributed by atoms with Crippen LogP contribution in [-0.2, 0) is 0 Å². The molecule has 2 atom stereocenters. The lowest BCUT2D eigenvalue weighted by Gasteiger charge is -2.32. The molecule has 4 nitrogen and oxygen atoms in total. The van der Waals surface area contributed by atoms with Crippen LogP contribution in [0.1, 0.15) is 53.1 Å². The molecule has 0 spiro atoms. The fourth-order valence-corrected chi connectivity index (χ4v) is 3.89. The number of halogens is 1. The van der Waals surface area contributed by atoms with Gasteiger partial charge in [-0.3, -0.25) is 4.79 Å². The Balaban J connectivity index is 1.78. The number of nitrogens with zero attached hydrogens (tertiary/aromatic N) is 1. The molecule has 0 saturated heterocycles. The van der Waals surface area contributed by atoms with E-state index in [1.165, 1.54) is 0 Å². The van der Waals surface area contributed by atoms with Crippen molar-refractivity contribution in [3.63, 3.8) is 0 Å². The minimum Gasteiger partial charge on any atom is -0.507 e. The molecule has 2 aromatic rings. The van der Waals surface area contributed by atoms with Gasteiger partial charge in [0.2, 0.25) is 0 Å². The van der Waals surface area contributed by atoms with Crippen molar-refractivity contribution in [2.75, 3.05) is 6.61 Å². The minimum atomic E-state index is -0.0111. The van der Waals surface area contributed by atoms with Gasteiger partial charge in [-0.2, -0.15) is 0 Å². The molecular formula is C20H22ClNO3. The van der Waals surface area contributed by atoms with Crippen LogP contribution < -0.4 is 4.74 Å². The van der Waals surface area contributed by atoms with Crippen molar-refractivity contribution in [3.8, 4) is 11.5 Å². The highest BCUT2D eigenvalue weighted by molar-refractivity contribution is 6.30. The molecule has 0 radical (unpaired) electrons. The van der Waals surface area contributed by atoms with Crippen LogP contribution in [0.2, 0.25) is 5.15 Å². The second-order valence-corrected chi connectivity index (χ2v) is 6.96. The molecule has 0 bridgehead atoms. The van der Waals surface area contributed by atoms with E-state index in [9.17, 15) is 9.90 Å². The number of hydrogen-bond acceptors (Lipinski definition) is 4. The number of carbonyl (C=O) groups is 1. The number of hydrogen-bond donors (Lipinski definition) is 1. The molecule has 0 amide bonds. The Labute approximate surface area is 152 Å². The number of phenols is 1. The van der Waals surface area contributed by atoms with Gasteiger partial charge >= 0.3 is 0 Å². The van der Waals surface area contributed by atoms with Crippen molar-refractivity contribution in [3.05, 3.63) is 52.3 Å². The first-order valence-corrected chi connectivity index (χ1v) is 9.00. The van der Waals surface area contributed by atoms with E-state index in [0.29, 0.717) is 41.2 Å². The maximum absolute atomic E-state index is 11.3. The SMILES string of the molecule is Cc1ccc(OCC2CCCCC2c2cccnc2Cl)c(C=O)c1O. The predicted octanol–water partition coefficient (Wildman–Crippen LogP) is 4.91. The highest BCUT2D eigenvalue weighted by Gasteiger charge is 2.29. The predicted molar refractivity (Wildman–Crippen MR) is 97.7 cm³/mol. The molecule has 1 aromatic heterocycles. The third-order valence-corrected chi connectivity index (χ3v) is 5.36. The van der Waals surface area contributed by atoms with Crippen molar-refractivity contribution >= 4 is 17.9 Å². The summed E-state index contributed by atoms with van der Waals surface area (Å²) in [5.41, 5.74) is 1.94. The minimum absolute atomic E-state index is 0.0111. The van der Waals surface area contributed by atoms with Crippen LogP contribution in [0.4, 0.5) is 0 Å². The molecule has 1 heterocycles. The number of aromatic hydroxyl groups is 1. The van der Waals surface area contributed by atoms with E-state index in [1.54, 1.807) is 25.3 Å². The average Bonchev–Trinajstić information content (AvgIpc) is 2.63. The largest absolute Gasteiger partial charge is 0.507 e. The van der Waals surface area contributed by atoms with E-state index in [1.807, 2.05) is 12.1 Å². The Morgan fingerprint density at radius 1 is 1.32 bits per heavy atom. The third-order valence-electron chi connectivity index (χ3n) is 5.05. The summed E-state index contributed by atoms with van der Waals surface area (Å²) in [4.78, 5) is 15.5. The standard InChI is InChI=1S/C20H22ClNO3/c1-13-8-9-18(17(11-23)19(13)24)25-12-14-5-2-3-6-15(14)16-7-4-10-22-20(16)21/h4,7-11,14-15,24H,2-3,5-6,12H2,1H3. The highest BCUT2D eigenvalue weighted by Crippen LogP contribution is 2.40. The number of phenolic OH excluding ortho intramolecular Hbond substituents is 1. The summed E-state index contributed by atoms with van der Waals surface area (Å²) in [5.74, 6) is 1.02. The van der Waals surface area contributed by atoms with Crippen molar-refractivity contribution in [2.24, 2.45) is 5.92 Å². The molecule has 1 fully saturated rings. The zero-order valence-corrected chi connectivity index (χ0v) is 15.0. The number of pyridine rings is 1. The van der Waals surface area contributed by atoms with Crippen molar-refractivity contribution in [1.82, 2.24) is 4.98 Å². The zero-order valence-electron chi connectivity index (χ0n) is 14.2. The van der Waals surface area contributed by atoms with Gasteiger partial charge in [-0.05, 0) is 54.9 Å². The summed E-state index contributed by atoms with van der Waals surface area (Å²) in [6.07, 6.45) is 6.77. The van der Waals surface area contributed by atoms with Crippen LogP contribution in [0.25, 0.3) is 0 Å². The van der Waals surface area contributed by atoms with Gasteiger partial charge < -0.3 is 9.84 Å². The van der Waals surface area contributed by atoms with Gasteiger partial charge in [-0.15, -0.1) is 0 Å². The normalized spacial score (nSPS) is 20.2. The first kappa shape index (κ1) is 17.7. The monoisotopic (exact) mass is 359 g/mol. The molecule has 0 aliphatic heterocycles. The third kappa shape index (κ3) is 3.79. The van der Waals surface area contributed by atoms with Crippen molar-refractivity contribution < 1.29 is 14.6 Å². The van der Waals surface area contributed by atoms with Crippen molar-refractivity contribution in [1.29, 1.82) is 0 Å². The lowest BCUT2D eigenvalue weighted by Crippen LogP contribution is -2.24. The second kappa shape index (κ2) is 7.87. The molecule has 132 valence electrons. The van der Waals surface area contributed by atoms with Gasteiger partial charge in [-0.1, -0.05) is 36.6 Å². The molecule has 1 aromatic carbocycles. The summed E-state index contributed by atoms with van der Waals surface area (Å²) in [6, 6.07) is 7.45. The Morgan fingerprint density at radius 3 is 2.88 bits per heavy atom. The first-order chi connectivity index (χ1) is 12.1. The first-order valence-electron chi connectivity index (χ1n) is 8.62. The second-order valence-electron chi connectivity index (χ2n) is 6.61. The van der Waals surface area contributed by atoms with Gasteiger partial charge in [0.1, 0.15) is 16.7 Å². The van der Waals surface area contributed by atoms with Gasteiger partial charge in [-0.25, -0.2) is 4.98 Å². The Morgan fingerprint density at radius 2 is 2.12 bits per heavy atom. The van der Waals surface area contributed by atoms with Crippen LogP contribution in [-0.4, -0.2) is 23.0 Å². The summed E-state index contributed by atoms with van der Waals surface area (Å²) in [5, 5.41) is 10.6. The topological polar surface area (TPSA) is 59.4 Å². The molecule has 25 heavy (non-hydrogen) atoms. The lowest BCUT2D eigenvalue weighted by molar-refractivity contribution is 0.111. The molecule has 1 aliphatic carbocycles.